The van der Waals surface area contributed by atoms with Crippen LogP contribution < -0.4 is 43.4 Å². The van der Waals surface area contributed by atoms with Crippen LogP contribution in [0.5, 0.6) is 0 Å². The third-order valence-corrected chi connectivity index (χ3v) is 9.69. The molecule has 0 radical (unpaired) electrons. The van der Waals surface area contributed by atoms with Crippen LogP contribution in [0.15, 0.2) is 54.7 Å². The third-order valence-electron chi connectivity index (χ3n) is 9.69. The fraction of sp³-hybridized carbons (Fsp3) is 0.439. The van der Waals surface area contributed by atoms with Crippen LogP contribution in [0.3, 0.4) is 0 Å². The van der Waals surface area contributed by atoms with Crippen LogP contribution >= 0.6 is 0 Å². The Labute approximate surface area is 361 Å². The number of aromatic amines is 1. The molecule has 22 heteroatoms. The molecule has 3 rings (SSSR count). The van der Waals surface area contributed by atoms with Crippen molar-refractivity contribution in [2.45, 2.75) is 102 Å². The number of carbonyl (C=O) groups is 9. The summed E-state index contributed by atoms with van der Waals surface area (Å²) in [6.45, 7) is 3.78. The molecule has 3 aromatic rings. The van der Waals surface area contributed by atoms with E-state index >= 15 is 0 Å². The lowest BCUT2D eigenvalue weighted by atomic mass is 10.0. The summed E-state index contributed by atoms with van der Waals surface area (Å²) in [7, 11) is 0. The van der Waals surface area contributed by atoms with Gasteiger partial charge in [0.05, 0.1) is 19.1 Å². The molecule has 0 saturated heterocycles. The SMILES string of the molecule is CC(C)C[C@H](NC(=O)[C@@H](N)CCC(=O)O)C(=O)N[C@@H](CC(=O)O)C(=O)N[C@@H](Cc1ccc(N)cc1)C(=O)N[C@@H](Cc1c[nH]c2ccccc12)C(=O)N[C@@H](C)C(=O)N[C@@H](CO)C(=O)O. The molecule has 0 aliphatic carbocycles. The van der Waals surface area contributed by atoms with Crippen molar-refractivity contribution < 1.29 is 63.6 Å². The standard InChI is InChI=1S/C41H55N9O13/c1-20(2)14-28(46-36(57)26(43)12-13-33(52)53)38(59)49-31(17-34(54)55)40(61)47-29(15-22-8-10-24(42)11-9-22)39(60)48-30(16-23-18-44-27-7-5-4-6-25(23)27)37(58)45-21(3)35(56)50-32(19-51)41(62)63/h4-11,18,20-21,26,28-32,44,51H,12-17,19,42-43H2,1-3H3,(H,45,58)(H,46,57)(H,47,61)(H,48,60)(H,49,59)(H,50,56)(H,52,53)(H,54,55)(H,62,63)/t21-,26-,28-,29-,30-,31-,32-/m0/s1. The minimum absolute atomic E-state index is 0.00847. The van der Waals surface area contributed by atoms with Gasteiger partial charge in [0, 0.05) is 42.0 Å². The smallest absolute Gasteiger partial charge is 0.328 e. The Hall–Kier alpha value is -7.07. The van der Waals surface area contributed by atoms with Crippen molar-refractivity contribution in [2.24, 2.45) is 11.7 Å². The highest BCUT2D eigenvalue weighted by Gasteiger charge is 2.34. The number of nitrogen functional groups attached to an aromatic ring is 1. The van der Waals surface area contributed by atoms with E-state index in [-0.39, 0.29) is 31.6 Å². The second-order valence-corrected chi connectivity index (χ2v) is 15.3. The summed E-state index contributed by atoms with van der Waals surface area (Å²) in [5.74, 6) is -10.2. The highest BCUT2D eigenvalue weighted by atomic mass is 16.4. The molecule has 0 spiro atoms. The fourth-order valence-corrected chi connectivity index (χ4v) is 6.28. The second kappa shape index (κ2) is 23.8. The average Bonchev–Trinajstić information content (AvgIpc) is 3.63. The van der Waals surface area contributed by atoms with E-state index in [0.29, 0.717) is 27.7 Å². The molecule has 6 amide bonds. The van der Waals surface area contributed by atoms with Crippen LogP contribution in [0.25, 0.3) is 10.9 Å². The Morgan fingerprint density at radius 2 is 1.17 bits per heavy atom. The van der Waals surface area contributed by atoms with Crippen molar-refractivity contribution in [3.8, 4) is 0 Å². The molecular weight excluding hydrogens is 827 g/mol. The van der Waals surface area contributed by atoms with E-state index < -0.39 is 115 Å². The molecule has 0 saturated carbocycles. The van der Waals surface area contributed by atoms with Gasteiger partial charge in [0.15, 0.2) is 0 Å². The molecule has 2 aromatic carbocycles. The summed E-state index contributed by atoms with van der Waals surface area (Å²) < 4.78 is 0. The maximum atomic E-state index is 14.3. The first-order valence-corrected chi connectivity index (χ1v) is 19.9. The number of aliphatic hydroxyl groups excluding tert-OH is 1. The molecule has 7 atom stereocenters. The monoisotopic (exact) mass is 881 g/mol. The number of aliphatic carboxylic acids is 3. The lowest BCUT2D eigenvalue weighted by Crippen LogP contribution is -2.60. The number of benzene rings is 2. The van der Waals surface area contributed by atoms with Gasteiger partial charge in [-0.1, -0.05) is 44.2 Å². The van der Waals surface area contributed by atoms with E-state index in [1.807, 2.05) is 0 Å². The summed E-state index contributed by atoms with van der Waals surface area (Å²) >= 11 is 0. The van der Waals surface area contributed by atoms with Gasteiger partial charge < -0.3 is 68.8 Å². The van der Waals surface area contributed by atoms with Gasteiger partial charge in [0.25, 0.3) is 0 Å². The molecule has 22 nitrogen and oxygen atoms in total. The first-order valence-electron chi connectivity index (χ1n) is 19.9. The van der Waals surface area contributed by atoms with E-state index in [4.69, 9.17) is 16.6 Å². The molecule has 0 aliphatic rings. The van der Waals surface area contributed by atoms with Gasteiger partial charge in [-0.05, 0) is 55.0 Å². The Balaban J connectivity index is 1.95. The maximum absolute atomic E-state index is 14.3. The van der Waals surface area contributed by atoms with Crippen LogP contribution in [0, 0.1) is 5.92 Å². The third kappa shape index (κ3) is 16.0. The Morgan fingerprint density at radius 3 is 1.76 bits per heavy atom. The summed E-state index contributed by atoms with van der Waals surface area (Å²) in [5, 5.41) is 52.5. The quantitative estimate of drug-likeness (QED) is 0.0420. The number of aliphatic hydroxyl groups is 1. The van der Waals surface area contributed by atoms with Crippen molar-refractivity contribution in [1.29, 1.82) is 0 Å². The highest BCUT2D eigenvalue weighted by Crippen LogP contribution is 2.20. The Bertz CT molecular complexity index is 2130. The minimum Gasteiger partial charge on any atom is -0.481 e. The molecule has 15 N–H and O–H groups in total. The Morgan fingerprint density at radius 1 is 0.635 bits per heavy atom. The topological polar surface area (TPSA) is 375 Å². The number of hydrogen-bond acceptors (Lipinski definition) is 12. The number of hydrogen-bond donors (Lipinski definition) is 13. The van der Waals surface area contributed by atoms with Crippen molar-refractivity contribution in [3.63, 3.8) is 0 Å². The summed E-state index contributed by atoms with van der Waals surface area (Å²) in [6.07, 6.45) is -0.440. The van der Waals surface area contributed by atoms with Crippen molar-refractivity contribution in [2.75, 3.05) is 12.3 Å². The number of para-hydroxylation sites is 1. The zero-order valence-corrected chi connectivity index (χ0v) is 34.9. The van der Waals surface area contributed by atoms with Crippen molar-refractivity contribution in [1.82, 2.24) is 36.9 Å². The van der Waals surface area contributed by atoms with Gasteiger partial charge in [-0.15, -0.1) is 0 Å². The van der Waals surface area contributed by atoms with Gasteiger partial charge in [-0.25, -0.2) is 4.79 Å². The lowest BCUT2D eigenvalue weighted by molar-refractivity contribution is -0.143. The summed E-state index contributed by atoms with van der Waals surface area (Å²) in [6, 6.07) is 2.76. The first-order chi connectivity index (χ1) is 29.7. The van der Waals surface area contributed by atoms with Crippen LogP contribution in [0.1, 0.15) is 57.6 Å². The summed E-state index contributed by atoms with van der Waals surface area (Å²) in [5.41, 5.74) is 13.8. The molecule has 1 aromatic heterocycles. The van der Waals surface area contributed by atoms with Crippen LogP contribution in [0.4, 0.5) is 5.69 Å². The molecule has 0 unspecified atom stereocenters. The van der Waals surface area contributed by atoms with E-state index in [1.165, 1.54) is 19.1 Å². The van der Waals surface area contributed by atoms with E-state index in [0.717, 1.165) is 0 Å². The number of fused-ring (bicyclic) bond motifs is 1. The van der Waals surface area contributed by atoms with E-state index in [9.17, 15) is 58.5 Å². The lowest BCUT2D eigenvalue weighted by Gasteiger charge is -2.27. The number of anilines is 1. The van der Waals surface area contributed by atoms with Gasteiger partial charge in [-0.3, -0.25) is 38.4 Å². The highest BCUT2D eigenvalue weighted by molar-refractivity contribution is 5.98. The molecule has 63 heavy (non-hydrogen) atoms. The molecule has 342 valence electrons. The zero-order valence-electron chi connectivity index (χ0n) is 34.9. The van der Waals surface area contributed by atoms with Gasteiger partial charge in [-0.2, -0.15) is 0 Å². The first kappa shape index (κ1) is 50.3. The van der Waals surface area contributed by atoms with Crippen LogP contribution in [0.2, 0.25) is 0 Å². The van der Waals surface area contributed by atoms with E-state index in [2.05, 4.69) is 36.9 Å². The van der Waals surface area contributed by atoms with Gasteiger partial charge in [0.1, 0.15) is 36.3 Å². The molecule has 0 aliphatic heterocycles. The number of carboxylic acid groups (broad SMARTS) is 3. The largest absolute Gasteiger partial charge is 0.481 e. The molecule has 0 fully saturated rings. The molecule has 1 heterocycles. The van der Waals surface area contributed by atoms with Crippen molar-refractivity contribution >= 4 is 69.9 Å². The number of nitrogens with two attached hydrogens (primary N) is 2. The minimum atomic E-state index is -1.82. The number of nitrogens with one attached hydrogen (secondary N) is 7. The molecule has 0 bridgehead atoms. The fourth-order valence-electron chi connectivity index (χ4n) is 6.28. The summed E-state index contributed by atoms with van der Waals surface area (Å²) in [4.78, 5) is 119. The number of carboxylic acids is 3. The van der Waals surface area contributed by atoms with E-state index in [1.54, 1.807) is 56.4 Å². The molecular formula is C41H55N9O13. The second-order valence-electron chi connectivity index (χ2n) is 15.3. The zero-order chi connectivity index (χ0) is 47.0. The number of carbonyl (C=O) groups excluding carboxylic acids is 6. The average molecular weight is 882 g/mol. The maximum Gasteiger partial charge on any atom is 0.328 e. The van der Waals surface area contributed by atoms with Crippen molar-refractivity contribution in [3.05, 3.63) is 65.9 Å². The number of rotatable bonds is 25. The Kier molecular flexibility index (Phi) is 19.0. The van der Waals surface area contributed by atoms with Crippen LogP contribution in [-0.4, -0.2) is 128 Å². The van der Waals surface area contributed by atoms with Gasteiger partial charge in [0.2, 0.25) is 35.4 Å². The predicted molar refractivity (Wildman–Crippen MR) is 225 cm³/mol. The van der Waals surface area contributed by atoms with Gasteiger partial charge >= 0.3 is 17.9 Å². The number of aromatic nitrogens is 1. The normalized spacial score (nSPS) is 14.4. The van der Waals surface area contributed by atoms with Crippen LogP contribution in [-0.2, 0) is 56.0 Å². The predicted octanol–water partition coefficient (Wildman–Crippen LogP) is -1.75. The number of H-pyrrole nitrogens is 1. The number of amides is 6.